The van der Waals surface area contributed by atoms with Crippen LogP contribution in [0.3, 0.4) is 0 Å². The fourth-order valence-corrected chi connectivity index (χ4v) is 5.11. The summed E-state index contributed by atoms with van der Waals surface area (Å²) in [6, 6.07) is 22.5. The normalized spacial score (nSPS) is 14.8. The Morgan fingerprint density at radius 3 is 2.58 bits per heavy atom. The van der Waals surface area contributed by atoms with E-state index in [4.69, 9.17) is 16.3 Å². The lowest BCUT2D eigenvalue weighted by Crippen LogP contribution is -2.30. The van der Waals surface area contributed by atoms with Gasteiger partial charge in [0.15, 0.2) is 0 Å². The SMILES string of the molecule is CC1=C(C(=O)OCc2ccccc2)C(c2ccccc2F)n2nc(SCc3ccccc3Cl)nc2N1. The smallest absolute Gasteiger partial charge is 0.338 e. The molecule has 1 N–H and O–H groups in total. The second-order valence-electron chi connectivity index (χ2n) is 8.19. The molecule has 1 aliphatic heterocycles. The molecule has 0 radical (unpaired) electrons. The summed E-state index contributed by atoms with van der Waals surface area (Å²) < 4.78 is 22.2. The third kappa shape index (κ3) is 5.01. The summed E-state index contributed by atoms with van der Waals surface area (Å²) in [5.74, 6) is -0.0193. The van der Waals surface area contributed by atoms with Crippen molar-refractivity contribution in [3.63, 3.8) is 0 Å². The Bertz CT molecular complexity index is 1440. The molecular weight excluding hydrogens is 499 g/mol. The largest absolute Gasteiger partial charge is 0.457 e. The fourth-order valence-electron chi connectivity index (χ4n) is 4.00. The third-order valence-electron chi connectivity index (χ3n) is 5.78. The van der Waals surface area contributed by atoms with E-state index in [9.17, 15) is 4.79 Å². The molecule has 6 nitrogen and oxygen atoms in total. The van der Waals surface area contributed by atoms with E-state index in [0.717, 1.165) is 11.1 Å². The molecule has 9 heteroatoms. The number of allylic oxidation sites excluding steroid dienone is 1. The van der Waals surface area contributed by atoms with E-state index in [1.54, 1.807) is 29.8 Å². The number of nitrogens with one attached hydrogen (secondary N) is 1. The number of fused-ring (bicyclic) bond motifs is 1. The average Bonchev–Trinajstić information content (AvgIpc) is 3.29. The Morgan fingerprint density at radius 1 is 1.08 bits per heavy atom. The van der Waals surface area contributed by atoms with E-state index in [2.05, 4.69) is 15.4 Å². The van der Waals surface area contributed by atoms with Crippen LogP contribution in [0.1, 0.15) is 29.7 Å². The number of rotatable bonds is 7. The van der Waals surface area contributed by atoms with Gasteiger partial charge in [-0.05, 0) is 30.2 Å². The van der Waals surface area contributed by atoms with E-state index >= 15 is 4.39 Å². The molecule has 0 saturated heterocycles. The van der Waals surface area contributed by atoms with E-state index < -0.39 is 17.8 Å². The molecule has 1 atom stereocenters. The predicted octanol–water partition coefficient (Wildman–Crippen LogP) is 6.40. The number of nitrogens with zero attached hydrogens (tertiary/aromatic N) is 3. The van der Waals surface area contributed by atoms with Gasteiger partial charge in [-0.15, -0.1) is 5.10 Å². The molecule has 0 fully saturated rings. The molecule has 2 heterocycles. The molecule has 36 heavy (non-hydrogen) atoms. The number of ether oxygens (including phenoxy) is 1. The first-order chi connectivity index (χ1) is 17.5. The van der Waals surface area contributed by atoms with Crippen LogP contribution < -0.4 is 5.32 Å². The van der Waals surface area contributed by atoms with Crippen LogP contribution >= 0.6 is 23.4 Å². The summed E-state index contributed by atoms with van der Waals surface area (Å²) in [5.41, 5.74) is 2.92. The van der Waals surface area contributed by atoms with Crippen LogP contribution in [0.2, 0.25) is 5.02 Å². The van der Waals surface area contributed by atoms with Gasteiger partial charge in [-0.3, -0.25) is 0 Å². The first-order valence-electron chi connectivity index (χ1n) is 11.3. The molecule has 3 aromatic carbocycles. The lowest BCUT2D eigenvalue weighted by Gasteiger charge is -2.28. The molecule has 5 rings (SSSR count). The van der Waals surface area contributed by atoms with Gasteiger partial charge in [0.05, 0.1) is 5.57 Å². The number of hydrogen-bond donors (Lipinski definition) is 1. The number of hydrogen-bond acceptors (Lipinski definition) is 6. The van der Waals surface area contributed by atoms with Gasteiger partial charge in [-0.1, -0.05) is 90.1 Å². The minimum Gasteiger partial charge on any atom is -0.457 e. The summed E-state index contributed by atoms with van der Waals surface area (Å²) >= 11 is 7.69. The summed E-state index contributed by atoms with van der Waals surface area (Å²) in [5, 5.41) is 8.92. The van der Waals surface area contributed by atoms with E-state index in [0.29, 0.717) is 33.1 Å². The Balaban J connectivity index is 1.46. The summed E-state index contributed by atoms with van der Waals surface area (Å²) in [6.45, 7) is 1.85. The van der Waals surface area contributed by atoms with Gasteiger partial charge in [0, 0.05) is 22.0 Å². The maximum absolute atomic E-state index is 15.0. The van der Waals surface area contributed by atoms with Gasteiger partial charge < -0.3 is 10.1 Å². The molecule has 0 amide bonds. The quantitative estimate of drug-likeness (QED) is 0.225. The molecule has 1 unspecified atom stereocenters. The number of benzene rings is 3. The second-order valence-corrected chi connectivity index (χ2v) is 9.54. The molecule has 0 bridgehead atoms. The van der Waals surface area contributed by atoms with Gasteiger partial charge in [0.25, 0.3) is 0 Å². The first-order valence-corrected chi connectivity index (χ1v) is 12.6. The first kappa shape index (κ1) is 24.1. The molecular formula is C27H22ClFN4O2S. The molecule has 182 valence electrons. The van der Waals surface area contributed by atoms with Gasteiger partial charge in [0.1, 0.15) is 18.5 Å². The zero-order valence-corrected chi connectivity index (χ0v) is 20.9. The Morgan fingerprint density at radius 2 is 1.81 bits per heavy atom. The lowest BCUT2D eigenvalue weighted by molar-refractivity contribution is -0.140. The Kier molecular flexibility index (Phi) is 7.06. The van der Waals surface area contributed by atoms with Crippen molar-refractivity contribution >= 4 is 35.3 Å². The fraction of sp³-hybridized carbons (Fsp3) is 0.148. The minimum atomic E-state index is -0.840. The van der Waals surface area contributed by atoms with Crippen molar-refractivity contribution in [2.24, 2.45) is 0 Å². The Hall–Kier alpha value is -3.62. The van der Waals surface area contributed by atoms with Crippen molar-refractivity contribution in [2.75, 3.05) is 5.32 Å². The maximum atomic E-state index is 15.0. The standard InChI is InChI=1S/C27H22ClFN4O2S/c1-17-23(25(34)35-15-18-9-3-2-4-10-18)24(20-12-6-8-14-22(20)29)33-26(30-17)31-27(32-33)36-16-19-11-5-7-13-21(19)28/h2-14,24H,15-16H2,1H3,(H,30,31,32). The van der Waals surface area contributed by atoms with Crippen molar-refractivity contribution in [3.8, 4) is 0 Å². The summed E-state index contributed by atoms with van der Waals surface area (Å²) in [7, 11) is 0. The maximum Gasteiger partial charge on any atom is 0.338 e. The highest BCUT2D eigenvalue weighted by atomic mass is 35.5. The van der Waals surface area contributed by atoms with E-state index in [1.165, 1.54) is 17.8 Å². The van der Waals surface area contributed by atoms with Crippen LogP contribution in [-0.2, 0) is 21.9 Å². The summed E-state index contributed by atoms with van der Waals surface area (Å²) in [6.07, 6.45) is 0. The van der Waals surface area contributed by atoms with Crippen molar-refractivity contribution < 1.29 is 13.9 Å². The zero-order chi connectivity index (χ0) is 25.1. The minimum absolute atomic E-state index is 0.101. The number of aromatic nitrogens is 3. The molecule has 1 aromatic heterocycles. The van der Waals surface area contributed by atoms with Crippen LogP contribution in [-0.4, -0.2) is 20.7 Å². The number of halogens is 2. The molecule has 0 aliphatic carbocycles. The van der Waals surface area contributed by atoms with Crippen LogP contribution in [0.5, 0.6) is 0 Å². The topological polar surface area (TPSA) is 69.0 Å². The van der Waals surface area contributed by atoms with Crippen LogP contribution in [0.25, 0.3) is 0 Å². The third-order valence-corrected chi connectivity index (χ3v) is 7.04. The molecule has 4 aromatic rings. The van der Waals surface area contributed by atoms with Gasteiger partial charge in [0.2, 0.25) is 11.1 Å². The molecule has 0 spiro atoms. The number of thioether (sulfide) groups is 1. The molecule has 1 aliphatic rings. The predicted molar refractivity (Wildman–Crippen MR) is 138 cm³/mol. The highest BCUT2D eigenvalue weighted by molar-refractivity contribution is 7.98. The number of esters is 1. The van der Waals surface area contributed by atoms with Crippen LogP contribution in [0.15, 0.2) is 95.3 Å². The van der Waals surface area contributed by atoms with Crippen LogP contribution in [0.4, 0.5) is 10.3 Å². The Labute approximate surface area is 217 Å². The zero-order valence-electron chi connectivity index (χ0n) is 19.3. The monoisotopic (exact) mass is 520 g/mol. The average molecular weight is 521 g/mol. The van der Waals surface area contributed by atoms with Crippen molar-refractivity contribution in [1.82, 2.24) is 14.8 Å². The number of carbonyl (C=O) groups excluding carboxylic acids is 1. The van der Waals surface area contributed by atoms with Gasteiger partial charge in [-0.25, -0.2) is 13.9 Å². The number of carbonyl (C=O) groups is 1. The van der Waals surface area contributed by atoms with Crippen LogP contribution in [0, 0.1) is 5.82 Å². The van der Waals surface area contributed by atoms with E-state index in [-0.39, 0.29) is 12.2 Å². The number of anilines is 1. The van der Waals surface area contributed by atoms with Crippen molar-refractivity contribution in [3.05, 3.63) is 118 Å². The lowest BCUT2D eigenvalue weighted by atomic mass is 9.95. The van der Waals surface area contributed by atoms with Gasteiger partial charge in [-0.2, -0.15) is 4.98 Å². The summed E-state index contributed by atoms with van der Waals surface area (Å²) in [4.78, 5) is 17.9. The van der Waals surface area contributed by atoms with E-state index in [1.807, 2.05) is 54.6 Å². The molecule has 0 saturated carbocycles. The van der Waals surface area contributed by atoms with Crippen molar-refractivity contribution in [1.29, 1.82) is 0 Å². The second kappa shape index (κ2) is 10.6. The van der Waals surface area contributed by atoms with Crippen molar-refractivity contribution in [2.45, 2.75) is 30.5 Å². The highest BCUT2D eigenvalue weighted by Gasteiger charge is 2.36. The van der Waals surface area contributed by atoms with Gasteiger partial charge >= 0.3 is 5.97 Å². The highest BCUT2D eigenvalue weighted by Crippen LogP contribution is 2.38.